The van der Waals surface area contributed by atoms with Gasteiger partial charge in [0.05, 0.1) is 10.6 Å². The van der Waals surface area contributed by atoms with Gasteiger partial charge in [0, 0.05) is 11.1 Å². The first kappa shape index (κ1) is 18.7. The van der Waals surface area contributed by atoms with E-state index in [9.17, 15) is 13.5 Å². The molecule has 0 saturated carbocycles. The molecule has 0 radical (unpaired) electrons. The lowest BCUT2D eigenvalue weighted by Crippen LogP contribution is -2.27. The van der Waals surface area contributed by atoms with Gasteiger partial charge in [-0.3, -0.25) is 4.72 Å². The number of anilines is 1. The minimum atomic E-state index is -3.83. The van der Waals surface area contributed by atoms with Gasteiger partial charge in [-0.25, -0.2) is 8.42 Å². The SMILES string of the molecule is C#CC(O)(c1ccccc1)c1ccccc1NS(=O)(=O)c1ccc(C)cc1. The van der Waals surface area contributed by atoms with Gasteiger partial charge in [0.15, 0.2) is 5.60 Å². The maximum Gasteiger partial charge on any atom is 0.261 e. The molecule has 4 nitrogen and oxygen atoms in total. The molecule has 2 N–H and O–H groups in total. The van der Waals surface area contributed by atoms with Crippen molar-refractivity contribution in [2.75, 3.05) is 4.72 Å². The van der Waals surface area contributed by atoms with Crippen molar-refractivity contribution in [2.24, 2.45) is 0 Å². The monoisotopic (exact) mass is 377 g/mol. The molecule has 0 fully saturated rings. The van der Waals surface area contributed by atoms with Crippen LogP contribution in [0.15, 0.2) is 83.8 Å². The smallest absolute Gasteiger partial charge is 0.261 e. The summed E-state index contributed by atoms with van der Waals surface area (Å²) in [6.07, 6.45) is 5.65. The van der Waals surface area contributed by atoms with Gasteiger partial charge in [0.1, 0.15) is 0 Å². The van der Waals surface area contributed by atoms with E-state index in [1.807, 2.05) is 13.0 Å². The van der Waals surface area contributed by atoms with E-state index in [0.717, 1.165) is 5.56 Å². The number of hydrogen-bond acceptors (Lipinski definition) is 3. The largest absolute Gasteiger partial charge is 0.369 e. The van der Waals surface area contributed by atoms with Crippen LogP contribution in [0.3, 0.4) is 0 Å². The van der Waals surface area contributed by atoms with E-state index >= 15 is 0 Å². The first-order valence-corrected chi connectivity index (χ1v) is 9.80. The predicted molar refractivity (Wildman–Crippen MR) is 107 cm³/mol. The predicted octanol–water partition coefficient (Wildman–Crippen LogP) is 3.66. The standard InChI is InChI=1S/C22H19NO3S/c1-3-22(24,18-9-5-4-6-10-18)20-11-7-8-12-21(20)23-27(25,26)19-15-13-17(2)14-16-19/h1,4-16,23-24H,2H3. The number of aliphatic hydroxyl groups is 1. The van der Waals surface area contributed by atoms with Gasteiger partial charge >= 0.3 is 0 Å². The quantitative estimate of drug-likeness (QED) is 0.667. The molecule has 27 heavy (non-hydrogen) atoms. The third-order valence-electron chi connectivity index (χ3n) is 4.29. The molecule has 0 aliphatic carbocycles. The third-order valence-corrected chi connectivity index (χ3v) is 5.67. The fraction of sp³-hybridized carbons (Fsp3) is 0.0909. The second kappa shape index (κ2) is 7.28. The summed E-state index contributed by atoms with van der Waals surface area (Å²) in [5, 5.41) is 11.2. The molecule has 0 aliphatic rings. The van der Waals surface area contributed by atoms with E-state index in [4.69, 9.17) is 6.42 Å². The lowest BCUT2D eigenvalue weighted by Gasteiger charge is -2.26. The van der Waals surface area contributed by atoms with Crippen molar-refractivity contribution in [3.63, 3.8) is 0 Å². The molecule has 0 aromatic heterocycles. The number of benzene rings is 3. The van der Waals surface area contributed by atoms with Crippen LogP contribution in [0, 0.1) is 19.3 Å². The minimum absolute atomic E-state index is 0.131. The topological polar surface area (TPSA) is 66.4 Å². The van der Waals surface area contributed by atoms with Crippen molar-refractivity contribution < 1.29 is 13.5 Å². The summed E-state index contributed by atoms with van der Waals surface area (Å²) in [4.78, 5) is 0.131. The second-order valence-corrected chi connectivity index (χ2v) is 7.87. The maximum atomic E-state index is 12.8. The van der Waals surface area contributed by atoms with Crippen LogP contribution in [0.5, 0.6) is 0 Å². The average molecular weight is 377 g/mol. The fourth-order valence-corrected chi connectivity index (χ4v) is 3.88. The van der Waals surface area contributed by atoms with Crippen molar-refractivity contribution in [3.8, 4) is 12.3 Å². The molecular formula is C22H19NO3S. The number of hydrogen-bond donors (Lipinski definition) is 2. The first-order valence-electron chi connectivity index (χ1n) is 8.31. The van der Waals surface area contributed by atoms with Crippen molar-refractivity contribution in [2.45, 2.75) is 17.4 Å². The Kier molecular flexibility index (Phi) is 5.04. The zero-order valence-electron chi connectivity index (χ0n) is 14.8. The highest BCUT2D eigenvalue weighted by Gasteiger charge is 2.32. The molecule has 3 aromatic carbocycles. The fourth-order valence-electron chi connectivity index (χ4n) is 2.80. The number of aryl methyl sites for hydroxylation is 1. The number of nitrogens with one attached hydrogen (secondary N) is 1. The summed E-state index contributed by atoms with van der Waals surface area (Å²) in [6, 6.07) is 21.8. The molecule has 136 valence electrons. The Balaban J connectivity index is 2.07. The van der Waals surface area contributed by atoms with E-state index in [2.05, 4.69) is 10.6 Å². The van der Waals surface area contributed by atoms with Crippen LogP contribution >= 0.6 is 0 Å². The molecule has 5 heteroatoms. The van der Waals surface area contributed by atoms with Gasteiger partial charge in [-0.1, -0.05) is 72.1 Å². The van der Waals surface area contributed by atoms with Gasteiger partial charge in [0.25, 0.3) is 10.0 Å². The average Bonchev–Trinajstić information content (AvgIpc) is 2.68. The maximum absolute atomic E-state index is 12.8. The van der Waals surface area contributed by atoms with E-state index in [-0.39, 0.29) is 16.1 Å². The zero-order chi connectivity index (χ0) is 19.5. The third kappa shape index (κ3) is 3.72. The summed E-state index contributed by atoms with van der Waals surface area (Å²) in [7, 11) is -3.83. The Morgan fingerprint density at radius 1 is 0.926 bits per heavy atom. The molecule has 1 unspecified atom stereocenters. The second-order valence-electron chi connectivity index (χ2n) is 6.18. The van der Waals surface area contributed by atoms with Crippen molar-refractivity contribution in [3.05, 3.63) is 95.6 Å². The summed E-state index contributed by atoms with van der Waals surface area (Å²) in [5.41, 5.74) is 0.180. The van der Waals surface area contributed by atoms with Crippen LogP contribution in [-0.4, -0.2) is 13.5 Å². The lowest BCUT2D eigenvalue weighted by atomic mass is 9.86. The summed E-state index contributed by atoms with van der Waals surface area (Å²) >= 11 is 0. The Labute approximate surface area is 159 Å². The Morgan fingerprint density at radius 3 is 2.15 bits per heavy atom. The molecule has 0 heterocycles. The van der Waals surface area contributed by atoms with Crippen molar-refractivity contribution >= 4 is 15.7 Å². The summed E-state index contributed by atoms with van der Waals surface area (Å²) in [6.45, 7) is 1.88. The summed E-state index contributed by atoms with van der Waals surface area (Å²) in [5.74, 6) is 2.41. The molecule has 0 bridgehead atoms. The molecule has 3 aromatic rings. The normalized spacial score (nSPS) is 13.4. The van der Waals surface area contributed by atoms with Crippen LogP contribution in [-0.2, 0) is 15.6 Å². The summed E-state index contributed by atoms with van der Waals surface area (Å²) < 4.78 is 28.1. The number of sulfonamides is 1. The molecule has 1 atom stereocenters. The molecule has 0 amide bonds. The highest BCUT2D eigenvalue weighted by Crippen LogP contribution is 2.34. The first-order chi connectivity index (χ1) is 12.9. The molecule has 0 aliphatic heterocycles. The van der Waals surface area contributed by atoms with Crippen LogP contribution in [0.25, 0.3) is 0 Å². The van der Waals surface area contributed by atoms with E-state index in [1.54, 1.807) is 60.7 Å². The number of para-hydroxylation sites is 1. The zero-order valence-corrected chi connectivity index (χ0v) is 15.6. The lowest BCUT2D eigenvalue weighted by molar-refractivity contribution is 0.146. The van der Waals surface area contributed by atoms with Crippen LogP contribution in [0.4, 0.5) is 5.69 Å². The Hall–Kier alpha value is -3.07. The van der Waals surface area contributed by atoms with E-state index < -0.39 is 15.6 Å². The molecule has 0 saturated heterocycles. The van der Waals surface area contributed by atoms with Gasteiger partial charge in [-0.15, -0.1) is 6.42 Å². The van der Waals surface area contributed by atoms with Crippen molar-refractivity contribution in [1.82, 2.24) is 0 Å². The Morgan fingerprint density at radius 2 is 1.52 bits per heavy atom. The Bertz CT molecular complexity index is 1080. The molecular weight excluding hydrogens is 358 g/mol. The molecule has 0 spiro atoms. The van der Waals surface area contributed by atoms with Gasteiger partial charge in [0.2, 0.25) is 0 Å². The highest BCUT2D eigenvalue weighted by molar-refractivity contribution is 7.92. The van der Waals surface area contributed by atoms with Crippen LogP contribution in [0.1, 0.15) is 16.7 Å². The van der Waals surface area contributed by atoms with E-state index in [0.29, 0.717) is 5.56 Å². The minimum Gasteiger partial charge on any atom is -0.369 e. The highest BCUT2D eigenvalue weighted by atomic mass is 32.2. The molecule has 3 rings (SSSR count). The number of rotatable bonds is 5. The van der Waals surface area contributed by atoms with Gasteiger partial charge in [-0.05, 0) is 25.1 Å². The van der Waals surface area contributed by atoms with Gasteiger partial charge < -0.3 is 5.11 Å². The van der Waals surface area contributed by atoms with Crippen LogP contribution in [0.2, 0.25) is 0 Å². The van der Waals surface area contributed by atoms with Crippen LogP contribution < -0.4 is 4.72 Å². The van der Waals surface area contributed by atoms with Gasteiger partial charge in [-0.2, -0.15) is 0 Å². The number of terminal acetylenes is 1. The van der Waals surface area contributed by atoms with E-state index in [1.165, 1.54) is 12.1 Å². The van der Waals surface area contributed by atoms with Crippen molar-refractivity contribution in [1.29, 1.82) is 0 Å².